The zero-order chi connectivity index (χ0) is 16.8. The summed E-state index contributed by atoms with van der Waals surface area (Å²) in [7, 11) is 0. The molecule has 0 heterocycles. The van der Waals surface area contributed by atoms with Gasteiger partial charge in [0.2, 0.25) is 0 Å². The molecule has 0 spiro atoms. The Morgan fingerprint density at radius 1 is 1.26 bits per heavy atom. The minimum atomic E-state index is -1.80. The molecule has 1 saturated carbocycles. The number of carbonyl (C=O) groups excluding carboxylic acids is 1. The molecule has 1 fully saturated rings. The van der Waals surface area contributed by atoms with E-state index >= 15 is 0 Å². The SMILES string of the molecule is CCCC1CC(C(=O)OC(C)C(F)C(F)Cc2ccccc2)C1. The molecule has 23 heavy (non-hydrogen) atoms. The van der Waals surface area contributed by atoms with E-state index in [0.29, 0.717) is 5.92 Å². The normalized spacial score (nSPS) is 24.3. The Morgan fingerprint density at radius 2 is 1.91 bits per heavy atom. The van der Waals surface area contributed by atoms with Crippen molar-refractivity contribution in [3.8, 4) is 0 Å². The van der Waals surface area contributed by atoms with Gasteiger partial charge in [-0.2, -0.15) is 0 Å². The quantitative estimate of drug-likeness (QED) is 0.650. The number of benzene rings is 1. The predicted octanol–water partition coefficient (Wildman–Crippen LogP) is 4.66. The molecule has 0 aliphatic heterocycles. The number of carbonyl (C=O) groups is 1. The van der Waals surface area contributed by atoms with Crippen molar-refractivity contribution in [3.63, 3.8) is 0 Å². The molecule has 3 unspecified atom stereocenters. The van der Waals surface area contributed by atoms with Gasteiger partial charge in [0.05, 0.1) is 5.92 Å². The van der Waals surface area contributed by atoms with Crippen molar-refractivity contribution >= 4 is 5.97 Å². The van der Waals surface area contributed by atoms with Crippen LogP contribution in [-0.2, 0) is 16.0 Å². The van der Waals surface area contributed by atoms with E-state index in [4.69, 9.17) is 4.74 Å². The maximum absolute atomic E-state index is 14.2. The van der Waals surface area contributed by atoms with Crippen LogP contribution in [0.4, 0.5) is 8.78 Å². The Hall–Kier alpha value is -1.45. The van der Waals surface area contributed by atoms with Crippen molar-refractivity contribution in [2.75, 3.05) is 0 Å². The fourth-order valence-corrected chi connectivity index (χ4v) is 3.16. The maximum atomic E-state index is 14.2. The number of halogens is 2. The lowest BCUT2D eigenvalue weighted by atomic mass is 9.73. The molecule has 0 bridgehead atoms. The van der Waals surface area contributed by atoms with E-state index in [9.17, 15) is 13.6 Å². The summed E-state index contributed by atoms with van der Waals surface area (Å²) in [6, 6.07) is 8.94. The molecule has 0 radical (unpaired) electrons. The van der Waals surface area contributed by atoms with Crippen LogP contribution in [0.15, 0.2) is 30.3 Å². The van der Waals surface area contributed by atoms with Crippen LogP contribution < -0.4 is 0 Å². The molecule has 0 N–H and O–H groups in total. The first-order valence-electron chi connectivity index (χ1n) is 8.53. The molecular weight excluding hydrogens is 298 g/mol. The van der Waals surface area contributed by atoms with Crippen molar-refractivity contribution in [2.45, 2.75) is 64.4 Å². The molecule has 128 valence electrons. The van der Waals surface area contributed by atoms with E-state index in [2.05, 4.69) is 6.92 Å². The zero-order valence-corrected chi connectivity index (χ0v) is 13.9. The van der Waals surface area contributed by atoms with Crippen LogP contribution in [0.2, 0.25) is 0 Å². The summed E-state index contributed by atoms with van der Waals surface area (Å²) in [5.41, 5.74) is 0.738. The van der Waals surface area contributed by atoms with Crippen LogP contribution in [0.3, 0.4) is 0 Å². The number of rotatable bonds is 8. The highest BCUT2D eigenvalue weighted by atomic mass is 19.2. The van der Waals surface area contributed by atoms with Gasteiger partial charge in [-0.15, -0.1) is 0 Å². The van der Waals surface area contributed by atoms with Crippen molar-refractivity contribution in [3.05, 3.63) is 35.9 Å². The second kappa shape index (κ2) is 8.42. The van der Waals surface area contributed by atoms with Crippen LogP contribution in [0.25, 0.3) is 0 Å². The number of ether oxygens (including phenoxy) is 1. The number of hydrogen-bond acceptors (Lipinski definition) is 2. The largest absolute Gasteiger partial charge is 0.459 e. The standard InChI is InChI=1S/C19H26F2O2/c1-3-7-15-10-16(11-15)19(22)23-13(2)18(21)17(20)12-14-8-5-4-6-9-14/h4-6,8-9,13,15-18H,3,7,10-12H2,1-2H3. The Bertz CT molecular complexity index is 485. The van der Waals surface area contributed by atoms with Gasteiger partial charge in [0, 0.05) is 6.42 Å². The molecule has 0 amide bonds. The van der Waals surface area contributed by atoms with E-state index < -0.39 is 18.4 Å². The van der Waals surface area contributed by atoms with Crippen LogP contribution in [-0.4, -0.2) is 24.4 Å². The molecule has 3 atom stereocenters. The molecular formula is C19H26F2O2. The molecule has 1 aromatic rings. The van der Waals surface area contributed by atoms with Crippen molar-refractivity contribution in [2.24, 2.45) is 11.8 Å². The van der Waals surface area contributed by atoms with Gasteiger partial charge in [0.25, 0.3) is 0 Å². The first kappa shape index (κ1) is 17.9. The Kier molecular flexibility index (Phi) is 6.55. The highest BCUT2D eigenvalue weighted by Gasteiger charge is 2.37. The zero-order valence-electron chi connectivity index (χ0n) is 13.9. The van der Waals surface area contributed by atoms with Gasteiger partial charge in [0.1, 0.15) is 12.3 Å². The molecule has 0 aromatic heterocycles. The highest BCUT2D eigenvalue weighted by molar-refractivity contribution is 5.73. The van der Waals surface area contributed by atoms with Crippen LogP contribution in [0, 0.1) is 11.8 Å². The summed E-state index contributed by atoms with van der Waals surface area (Å²) >= 11 is 0. The fraction of sp³-hybridized carbons (Fsp3) is 0.632. The second-order valence-electron chi connectivity index (χ2n) is 6.62. The number of alkyl halides is 2. The molecule has 0 saturated heterocycles. The van der Waals surface area contributed by atoms with E-state index in [0.717, 1.165) is 31.2 Å². The minimum absolute atomic E-state index is 0.00804. The number of esters is 1. The third-order valence-corrected chi connectivity index (χ3v) is 4.64. The maximum Gasteiger partial charge on any atom is 0.309 e. The average molecular weight is 324 g/mol. The fourth-order valence-electron chi connectivity index (χ4n) is 3.16. The van der Waals surface area contributed by atoms with Crippen LogP contribution in [0.5, 0.6) is 0 Å². The van der Waals surface area contributed by atoms with Gasteiger partial charge in [0.15, 0.2) is 6.17 Å². The van der Waals surface area contributed by atoms with E-state index in [1.165, 1.54) is 6.92 Å². The monoisotopic (exact) mass is 324 g/mol. The Morgan fingerprint density at radius 3 is 2.52 bits per heavy atom. The van der Waals surface area contributed by atoms with Gasteiger partial charge in [-0.3, -0.25) is 4.79 Å². The summed E-state index contributed by atoms with van der Waals surface area (Å²) in [4.78, 5) is 12.0. The molecule has 2 rings (SSSR count). The Labute approximate surface area is 137 Å². The summed E-state index contributed by atoms with van der Waals surface area (Å²) in [6.07, 6.45) is -0.663. The summed E-state index contributed by atoms with van der Waals surface area (Å²) < 4.78 is 33.4. The predicted molar refractivity (Wildman–Crippen MR) is 86.6 cm³/mol. The third kappa shape index (κ3) is 5.02. The van der Waals surface area contributed by atoms with Crippen molar-refractivity contribution in [1.82, 2.24) is 0 Å². The molecule has 4 heteroatoms. The third-order valence-electron chi connectivity index (χ3n) is 4.64. The molecule has 1 aliphatic carbocycles. The van der Waals surface area contributed by atoms with Gasteiger partial charge >= 0.3 is 5.97 Å². The van der Waals surface area contributed by atoms with E-state index in [1.54, 1.807) is 24.3 Å². The summed E-state index contributed by atoms with van der Waals surface area (Å²) in [5, 5.41) is 0. The first-order chi connectivity index (χ1) is 11.0. The average Bonchev–Trinajstić information content (AvgIpc) is 2.50. The lowest BCUT2D eigenvalue weighted by Crippen LogP contribution is -2.38. The van der Waals surface area contributed by atoms with Gasteiger partial charge in [-0.1, -0.05) is 50.1 Å². The minimum Gasteiger partial charge on any atom is -0.459 e. The molecule has 1 aliphatic rings. The smallest absolute Gasteiger partial charge is 0.309 e. The summed E-state index contributed by atoms with van der Waals surface area (Å²) in [5.74, 6) is 0.0776. The van der Waals surface area contributed by atoms with Gasteiger partial charge in [-0.25, -0.2) is 8.78 Å². The van der Waals surface area contributed by atoms with Crippen LogP contribution >= 0.6 is 0 Å². The summed E-state index contributed by atoms with van der Waals surface area (Å²) in [6.45, 7) is 3.55. The molecule has 1 aromatic carbocycles. The topological polar surface area (TPSA) is 26.3 Å². The van der Waals surface area contributed by atoms with Crippen LogP contribution in [0.1, 0.15) is 45.1 Å². The van der Waals surface area contributed by atoms with Crippen molar-refractivity contribution in [1.29, 1.82) is 0 Å². The van der Waals surface area contributed by atoms with Gasteiger partial charge < -0.3 is 4.74 Å². The highest BCUT2D eigenvalue weighted by Crippen LogP contribution is 2.38. The molecule has 2 nitrogen and oxygen atoms in total. The van der Waals surface area contributed by atoms with E-state index in [1.807, 2.05) is 6.07 Å². The van der Waals surface area contributed by atoms with Gasteiger partial charge in [-0.05, 0) is 31.2 Å². The first-order valence-corrected chi connectivity index (χ1v) is 8.53. The Balaban J connectivity index is 1.76. The van der Waals surface area contributed by atoms with E-state index in [-0.39, 0.29) is 18.3 Å². The lowest BCUT2D eigenvalue weighted by molar-refractivity contribution is -0.162. The van der Waals surface area contributed by atoms with Crippen molar-refractivity contribution < 1.29 is 18.3 Å². The lowest BCUT2D eigenvalue weighted by Gasteiger charge is -2.34. The number of hydrogen-bond donors (Lipinski definition) is 0. The second-order valence-corrected chi connectivity index (χ2v) is 6.62.